The molecule has 0 bridgehead atoms. The lowest BCUT2D eigenvalue weighted by atomic mass is 10.1. The normalized spacial score (nSPS) is 15.2. The Bertz CT molecular complexity index is 800. The fourth-order valence-electron chi connectivity index (χ4n) is 3.30. The Hall–Kier alpha value is -1.88. The third-order valence-electron chi connectivity index (χ3n) is 5.24. The molecule has 9 heteroatoms. The summed E-state index contributed by atoms with van der Waals surface area (Å²) in [5.41, 5.74) is 2.14. The van der Waals surface area contributed by atoms with Crippen molar-refractivity contribution in [3.05, 3.63) is 41.4 Å². The number of aliphatic imine (C=N–C) groups is 1. The molecule has 30 heavy (non-hydrogen) atoms. The molecular weight excluding hydrogens is 493 g/mol. The van der Waals surface area contributed by atoms with Gasteiger partial charge in [-0.25, -0.2) is 4.98 Å². The third-order valence-corrected chi connectivity index (χ3v) is 5.24. The van der Waals surface area contributed by atoms with E-state index in [9.17, 15) is 0 Å². The standard InChI is InChI=1S/C21H33N7O.HI/c1-5-27-8-10-28(11-9-27)20-12-17(6-7-23-20)14-24-21(22-4)25-15-18-13-19(16(2)3)26-29-18;/h6-7,12-13,16H,5,8-11,14-15H2,1-4H3,(H2,22,24,25);1H. The van der Waals surface area contributed by atoms with Gasteiger partial charge in [-0.3, -0.25) is 4.99 Å². The van der Waals surface area contributed by atoms with Crippen LogP contribution in [0.4, 0.5) is 5.82 Å². The highest BCUT2D eigenvalue weighted by Crippen LogP contribution is 2.15. The number of piperazine rings is 1. The van der Waals surface area contributed by atoms with Gasteiger partial charge in [0.25, 0.3) is 0 Å². The first-order chi connectivity index (χ1) is 14.1. The number of nitrogens with one attached hydrogen (secondary N) is 2. The van der Waals surface area contributed by atoms with Gasteiger partial charge in [0.2, 0.25) is 0 Å². The number of halogens is 1. The minimum Gasteiger partial charge on any atom is -0.359 e. The Morgan fingerprint density at radius 2 is 1.90 bits per heavy atom. The molecule has 3 heterocycles. The second kappa shape index (κ2) is 12.1. The number of guanidine groups is 1. The van der Waals surface area contributed by atoms with E-state index in [0.717, 1.165) is 56.0 Å². The van der Waals surface area contributed by atoms with Crippen LogP contribution >= 0.6 is 24.0 Å². The summed E-state index contributed by atoms with van der Waals surface area (Å²) < 4.78 is 5.37. The third kappa shape index (κ3) is 6.83. The number of likely N-dealkylation sites (N-methyl/N-ethyl adjacent to an activating group) is 1. The van der Waals surface area contributed by atoms with Gasteiger partial charge in [0, 0.05) is 52.0 Å². The molecule has 3 rings (SSSR count). The molecule has 2 aromatic heterocycles. The fourth-order valence-corrected chi connectivity index (χ4v) is 3.30. The maximum absolute atomic E-state index is 5.37. The summed E-state index contributed by atoms with van der Waals surface area (Å²) in [6, 6.07) is 6.18. The van der Waals surface area contributed by atoms with Gasteiger partial charge in [-0.05, 0) is 30.2 Å². The average molecular weight is 527 g/mol. The van der Waals surface area contributed by atoms with Gasteiger partial charge in [0.1, 0.15) is 5.82 Å². The highest BCUT2D eigenvalue weighted by atomic mass is 127. The molecule has 0 aromatic carbocycles. The van der Waals surface area contributed by atoms with Crippen LogP contribution in [0.1, 0.15) is 43.7 Å². The van der Waals surface area contributed by atoms with Crippen molar-refractivity contribution in [1.82, 2.24) is 25.7 Å². The highest BCUT2D eigenvalue weighted by molar-refractivity contribution is 14.0. The SMILES string of the molecule is CCN1CCN(c2cc(CNC(=NC)NCc3cc(C(C)C)no3)ccn2)CC1.I. The molecule has 8 nitrogen and oxygen atoms in total. The van der Waals surface area contributed by atoms with Gasteiger partial charge in [-0.15, -0.1) is 24.0 Å². The molecule has 2 N–H and O–H groups in total. The Balaban J connectivity index is 0.00000320. The van der Waals surface area contributed by atoms with E-state index >= 15 is 0 Å². The molecule has 0 aliphatic carbocycles. The molecule has 166 valence electrons. The van der Waals surface area contributed by atoms with Crippen LogP contribution in [0.3, 0.4) is 0 Å². The number of nitrogens with zero attached hydrogens (tertiary/aromatic N) is 5. The zero-order valence-corrected chi connectivity index (χ0v) is 20.7. The second-order valence-corrected chi connectivity index (χ2v) is 7.60. The zero-order valence-electron chi connectivity index (χ0n) is 18.4. The first-order valence-corrected chi connectivity index (χ1v) is 10.4. The van der Waals surface area contributed by atoms with E-state index in [2.05, 4.69) is 62.4 Å². The van der Waals surface area contributed by atoms with Gasteiger partial charge < -0.3 is 25.0 Å². The van der Waals surface area contributed by atoms with Crippen LogP contribution in [0, 0.1) is 0 Å². The van der Waals surface area contributed by atoms with Gasteiger partial charge >= 0.3 is 0 Å². The number of aromatic nitrogens is 2. The number of anilines is 1. The molecule has 1 fully saturated rings. The van der Waals surface area contributed by atoms with Gasteiger partial charge in [-0.2, -0.15) is 0 Å². The number of pyridine rings is 1. The van der Waals surface area contributed by atoms with Crippen molar-refractivity contribution in [2.45, 2.75) is 39.8 Å². The first-order valence-electron chi connectivity index (χ1n) is 10.4. The van der Waals surface area contributed by atoms with E-state index in [-0.39, 0.29) is 24.0 Å². The fraction of sp³-hybridized carbons (Fsp3) is 0.571. The van der Waals surface area contributed by atoms with Crippen LogP contribution < -0.4 is 15.5 Å². The number of hydrogen-bond donors (Lipinski definition) is 2. The molecule has 0 spiro atoms. The number of hydrogen-bond acceptors (Lipinski definition) is 6. The largest absolute Gasteiger partial charge is 0.359 e. The highest BCUT2D eigenvalue weighted by Gasteiger charge is 2.17. The summed E-state index contributed by atoms with van der Waals surface area (Å²) in [4.78, 5) is 13.7. The Labute approximate surface area is 196 Å². The van der Waals surface area contributed by atoms with Crippen molar-refractivity contribution < 1.29 is 4.52 Å². The molecule has 1 aliphatic rings. The summed E-state index contributed by atoms with van der Waals surface area (Å²) in [6.07, 6.45) is 1.89. The smallest absolute Gasteiger partial charge is 0.191 e. The van der Waals surface area contributed by atoms with Crippen molar-refractivity contribution in [1.29, 1.82) is 0 Å². The minimum atomic E-state index is 0. The molecular formula is C21H34IN7O. The average Bonchev–Trinajstić information content (AvgIpc) is 3.24. The van der Waals surface area contributed by atoms with Crippen LogP contribution in [0.25, 0.3) is 0 Å². The lowest BCUT2D eigenvalue weighted by Crippen LogP contribution is -2.46. The second-order valence-electron chi connectivity index (χ2n) is 7.60. The maximum Gasteiger partial charge on any atom is 0.191 e. The van der Waals surface area contributed by atoms with E-state index in [1.165, 1.54) is 5.56 Å². The summed E-state index contributed by atoms with van der Waals surface area (Å²) in [6.45, 7) is 13.0. The van der Waals surface area contributed by atoms with Gasteiger partial charge in [0.15, 0.2) is 11.7 Å². The molecule has 0 radical (unpaired) electrons. The van der Waals surface area contributed by atoms with E-state index in [4.69, 9.17) is 4.52 Å². The first kappa shape index (κ1) is 24.4. The molecule has 0 saturated carbocycles. The van der Waals surface area contributed by atoms with E-state index in [0.29, 0.717) is 19.0 Å². The predicted molar refractivity (Wildman–Crippen MR) is 132 cm³/mol. The van der Waals surface area contributed by atoms with Crippen molar-refractivity contribution in [3.63, 3.8) is 0 Å². The van der Waals surface area contributed by atoms with Crippen LogP contribution in [0.15, 0.2) is 33.9 Å². The minimum absolute atomic E-state index is 0. The summed E-state index contributed by atoms with van der Waals surface area (Å²) in [5.74, 6) is 2.93. The Kier molecular flexibility index (Phi) is 9.83. The molecule has 1 saturated heterocycles. The zero-order chi connectivity index (χ0) is 20.6. The van der Waals surface area contributed by atoms with Crippen molar-refractivity contribution in [2.75, 3.05) is 44.7 Å². The lowest BCUT2D eigenvalue weighted by Gasteiger charge is -2.34. The Morgan fingerprint density at radius 3 is 2.53 bits per heavy atom. The monoisotopic (exact) mass is 527 g/mol. The quantitative estimate of drug-likeness (QED) is 0.326. The van der Waals surface area contributed by atoms with Gasteiger partial charge in [-0.1, -0.05) is 25.9 Å². The summed E-state index contributed by atoms with van der Waals surface area (Å²) in [7, 11) is 1.76. The van der Waals surface area contributed by atoms with Crippen LogP contribution in [0.2, 0.25) is 0 Å². The van der Waals surface area contributed by atoms with Crippen LogP contribution in [-0.4, -0.2) is 60.8 Å². The van der Waals surface area contributed by atoms with E-state index in [1.807, 2.05) is 18.3 Å². The molecule has 0 amide bonds. The van der Waals surface area contributed by atoms with Crippen molar-refractivity contribution >= 4 is 35.8 Å². The molecule has 2 aromatic rings. The van der Waals surface area contributed by atoms with Crippen LogP contribution in [0.5, 0.6) is 0 Å². The molecule has 0 atom stereocenters. The summed E-state index contributed by atoms with van der Waals surface area (Å²) in [5, 5.41) is 10.7. The molecule has 0 unspecified atom stereocenters. The number of rotatable bonds is 7. The lowest BCUT2D eigenvalue weighted by molar-refractivity contribution is 0.270. The van der Waals surface area contributed by atoms with E-state index < -0.39 is 0 Å². The van der Waals surface area contributed by atoms with E-state index in [1.54, 1.807) is 7.05 Å². The maximum atomic E-state index is 5.37. The molecule has 1 aliphatic heterocycles. The Morgan fingerprint density at radius 1 is 1.17 bits per heavy atom. The predicted octanol–water partition coefficient (Wildman–Crippen LogP) is 2.82. The van der Waals surface area contributed by atoms with Crippen molar-refractivity contribution in [3.8, 4) is 0 Å². The summed E-state index contributed by atoms with van der Waals surface area (Å²) >= 11 is 0. The van der Waals surface area contributed by atoms with Crippen LogP contribution in [-0.2, 0) is 13.1 Å². The van der Waals surface area contributed by atoms with Crippen molar-refractivity contribution in [2.24, 2.45) is 4.99 Å². The van der Waals surface area contributed by atoms with Gasteiger partial charge in [0.05, 0.1) is 12.2 Å². The topological polar surface area (TPSA) is 81.8 Å².